The molecule has 0 fully saturated rings. The number of rotatable bonds is 1. The Labute approximate surface area is 96.4 Å². The number of benzene rings is 1. The van der Waals surface area contributed by atoms with E-state index in [2.05, 4.69) is 0 Å². The van der Waals surface area contributed by atoms with E-state index in [1.165, 1.54) is 12.2 Å². The summed E-state index contributed by atoms with van der Waals surface area (Å²) in [5.41, 5.74) is 0.613. The topological polar surface area (TPSA) is 37.4 Å². The molecule has 0 radical (unpaired) electrons. The second kappa shape index (κ2) is 6.56. The summed E-state index contributed by atoms with van der Waals surface area (Å²) in [6.07, 6.45) is 2.55. The number of carbonyl (C=O) groups excluding carboxylic acids is 2. The molecule has 1 aromatic rings. The van der Waals surface area contributed by atoms with E-state index in [0.717, 1.165) is 4.90 Å². The summed E-state index contributed by atoms with van der Waals surface area (Å²) >= 11 is 0. The number of amides is 2. The van der Waals surface area contributed by atoms with Crippen LogP contribution in [0.1, 0.15) is 21.3 Å². The molecule has 2 amide bonds. The zero-order chi connectivity index (χ0) is 11.3. The van der Waals surface area contributed by atoms with Crippen molar-refractivity contribution in [2.45, 2.75) is 21.3 Å². The van der Waals surface area contributed by atoms with Gasteiger partial charge >= 0.3 is 0 Å². The second-order valence-corrected chi connectivity index (χ2v) is 2.68. The summed E-state index contributed by atoms with van der Waals surface area (Å²) < 4.78 is 0. The zero-order valence-electron chi connectivity index (χ0n) is 8.81. The van der Waals surface area contributed by atoms with Gasteiger partial charge in [-0.05, 0) is 12.1 Å². The molecule has 1 aromatic carbocycles. The highest BCUT2D eigenvalue weighted by Crippen LogP contribution is 2.17. The smallest absolute Gasteiger partial charge is 0.258 e. The number of anilines is 1. The minimum atomic E-state index is -0.281. The summed E-state index contributed by atoms with van der Waals surface area (Å²) in [7, 11) is 0. The molecule has 86 valence electrons. The summed E-state index contributed by atoms with van der Waals surface area (Å²) in [4.78, 5) is 23.5. The number of para-hydroxylation sites is 1. The van der Waals surface area contributed by atoms with Crippen molar-refractivity contribution in [2.75, 3.05) is 4.90 Å². The van der Waals surface area contributed by atoms with Crippen molar-refractivity contribution in [1.29, 1.82) is 0 Å². The van der Waals surface area contributed by atoms with Crippen LogP contribution in [0, 0.1) is 0 Å². The van der Waals surface area contributed by atoms with Crippen LogP contribution in [0.2, 0.25) is 0 Å². The summed E-state index contributed by atoms with van der Waals surface area (Å²) in [5, 5.41) is 0. The molecular formula is C13H17NO2. The van der Waals surface area contributed by atoms with Crippen LogP contribution < -0.4 is 4.90 Å². The van der Waals surface area contributed by atoms with E-state index in [1.54, 1.807) is 24.3 Å². The van der Waals surface area contributed by atoms with Crippen molar-refractivity contribution in [3.8, 4) is 0 Å². The van der Waals surface area contributed by atoms with E-state index in [4.69, 9.17) is 0 Å². The Morgan fingerprint density at radius 1 is 0.875 bits per heavy atom. The third-order valence-electron chi connectivity index (χ3n) is 1.82. The highest BCUT2D eigenvalue weighted by molar-refractivity contribution is 6.28. The van der Waals surface area contributed by atoms with Crippen LogP contribution in [-0.2, 0) is 9.59 Å². The van der Waals surface area contributed by atoms with Crippen LogP contribution in [-0.4, -0.2) is 11.8 Å². The molecule has 0 aromatic heterocycles. The molecule has 0 saturated carbocycles. The first-order valence-electron chi connectivity index (χ1n) is 4.90. The van der Waals surface area contributed by atoms with E-state index in [0.29, 0.717) is 5.69 Å². The minimum absolute atomic E-state index is 0. The lowest BCUT2D eigenvalue weighted by atomic mass is 10.3. The van der Waals surface area contributed by atoms with Crippen molar-refractivity contribution in [3.63, 3.8) is 0 Å². The van der Waals surface area contributed by atoms with Crippen LogP contribution >= 0.6 is 0 Å². The van der Waals surface area contributed by atoms with Crippen LogP contribution in [0.4, 0.5) is 5.69 Å². The van der Waals surface area contributed by atoms with Crippen LogP contribution in [0.15, 0.2) is 42.5 Å². The minimum Gasteiger partial charge on any atom is -0.269 e. The normalized spacial score (nSPS) is 13.0. The van der Waals surface area contributed by atoms with Gasteiger partial charge < -0.3 is 0 Å². The lowest BCUT2D eigenvalue weighted by molar-refractivity contribution is -0.119. The van der Waals surface area contributed by atoms with Gasteiger partial charge in [-0.2, -0.15) is 0 Å². The Kier molecular flexibility index (Phi) is 5.78. The maximum Gasteiger partial charge on any atom is 0.258 e. The van der Waals surface area contributed by atoms with Gasteiger partial charge in [-0.15, -0.1) is 0 Å². The average molecular weight is 219 g/mol. The molecule has 3 nitrogen and oxygen atoms in total. The molecule has 0 atom stereocenters. The van der Waals surface area contributed by atoms with E-state index in [1.807, 2.05) is 19.9 Å². The monoisotopic (exact) mass is 219 g/mol. The van der Waals surface area contributed by atoms with Crippen LogP contribution in [0.5, 0.6) is 0 Å². The Balaban J connectivity index is 0.000000711. The third kappa shape index (κ3) is 2.79. The van der Waals surface area contributed by atoms with Gasteiger partial charge in [0.25, 0.3) is 11.8 Å². The Morgan fingerprint density at radius 2 is 1.31 bits per heavy atom. The highest BCUT2D eigenvalue weighted by atomic mass is 16.2. The predicted molar refractivity (Wildman–Crippen MR) is 66.2 cm³/mol. The molecule has 1 heterocycles. The molecule has 2 rings (SSSR count). The number of nitrogens with zero attached hydrogens (tertiary/aromatic N) is 1. The molecule has 0 unspecified atom stereocenters. The number of carbonyl (C=O) groups is 2. The van der Waals surface area contributed by atoms with Gasteiger partial charge in [0, 0.05) is 12.2 Å². The summed E-state index contributed by atoms with van der Waals surface area (Å²) in [5.74, 6) is -0.563. The summed E-state index contributed by atoms with van der Waals surface area (Å²) in [6, 6.07) is 8.86. The quantitative estimate of drug-likeness (QED) is 0.681. The largest absolute Gasteiger partial charge is 0.269 e. The fraction of sp³-hybridized carbons (Fsp3) is 0.231. The molecule has 1 aliphatic heterocycles. The van der Waals surface area contributed by atoms with Gasteiger partial charge in [0.2, 0.25) is 0 Å². The first kappa shape index (κ1) is 14.1. The van der Waals surface area contributed by atoms with Crippen molar-refractivity contribution in [2.24, 2.45) is 0 Å². The second-order valence-electron chi connectivity index (χ2n) is 2.68. The SMILES string of the molecule is C.CC.O=C1C=CC(=O)N1c1ccccc1. The number of imide groups is 1. The van der Waals surface area contributed by atoms with E-state index in [-0.39, 0.29) is 19.2 Å². The first-order chi connectivity index (χ1) is 7.29. The van der Waals surface area contributed by atoms with Crippen LogP contribution in [0.3, 0.4) is 0 Å². The Morgan fingerprint density at radius 3 is 1.75 bits per heavy atom. The molecule has 0 bridgehead atoms. The van der Waals surface area contributed by atoms with Gasteiger partial charge in [0.1, 0.15) is 0 Å². The van der Waals surface area contributed by atoms with Gasteiger partial charge in [0.15, 0.2) is 0 Å². The van der Waals surface area contributed by atoms with Gasteiger partial charge in [0.05, 0.1) is 5.69 Å². The molecule has 1 aliphatic rings. The molecule has 0 aliphatic carbocycles. The van der Waals surface area contributed by atoms with E-state index >= 15 is 0 Å². The highest BCUT2D eigenvalue weighted by Gasteiger charge is 2.24. The predicted octanol–water partition coefficient (Wildman–Crippen LogP) is 2.78. The Hall–Kier alpha value is -1.90. The van der Waals surface area contributed by atoms with Crippen molar-refractivity contribution in [1.82, 2.24) is 0 Å². The molecule has 0 saturated heterocycles. The fourth-order valence-electron chi connectivity index (χ4n) is 1.23. The maximum atomic E-state index is 11.2. The number of hydrogen-bond acceptors (Lipinski definition) is 2. The maximum absolute atomic E-state index is 11.2. The van der Waals surface area contributed by atoms with E-state index in [9.17, 15) is 9.59 Å². The van der Waals surface area contributed by atoms with Gasteiger partial charge in [-0.1, -0.05) is 39.5 Å². The van der Waals surface area contributed by atoms with E-state index < -0.39 is 0 Å². The molecule has 3 heteroatoms. The lowest BCUT2D eigenvalue weighted by Gasteiger charge is -2.12. The first-order valence-corrected chi connectivity index (χ1v) is 4.90. The van der Waals surface area contributed by atoms with Gasteiger partial charge in [-0.25, -0.2) is 4.90 Å². The third-order valence-corrected chi connectivity index (χ3v) is 1.82. The molecular weight excluding hydrogens is 202 g/mol. The van der Waals surface area contributed by atoms with Gasteiger partial charge in [-0.3, -0.25) is 9.59 Å². The average Bonchev–Trinajstić information content (AvgIpc) is 2.63. The van der Waals surface area contributed by atoms with Crippen LogP contribution in [0.25, 0.3) is 0 Å². The Bertz CT molecular complexity index is 364. The molecule has 16 heavy (non-hydrogen) atoms. The lowest BCUT2D eigenvalue weighted by Crippen LogP contribution is -2.29. The van der Waals surface area contributed by atoms with Crippen molar-refractivity contribution < 1.29 is 9.59 Å². The number of hydrogen-bond donors (Lipinski definition) is 0. The molecule has 0 N–H and O–H groups in total. The van der Waals surface area contributed by atoms with Crippen molar-refractivity contribution in [3.05, 3.63) is 42.5 Å². The van der Waals surface area contributed by atoms with Crippen molar-refractivity contribution >= 4 is 17.5 Å². The summed E-state index contributed by atoms with van der Waals surface area (Å²) in [6.45, 7) is 4.00. The molecule has 0 spiro atoms. The standard InChI is InChI=1S/C10H7NO2.C2H6.CH4/c12-9-6-7-10(13)11(9)8-4-2-1-3-5-8;1-2;/h1-7H;1-2H3;1H4. The zero-order valence-corrected chi connectivity index (χ0v) is 8.81. The fourth-order valence-corrected chi connectivity index (χ4v) is 1.23.